The third-order valence-corrected chi connectivity index (χ3v) is 5.55. The molecule has 2 amide bonds. The molecule has 0 spiro atoms. The van der Waals surface area contributed by atoms with Crippen LogP contribution in [0.5, 0.6) is 0 Å². The van der Waals surface area contributed by atoms with Crippen LogP contribution in [0.2, 0.25) is 0 Å². The molecule has 28 heavy (non-hydrogen) atoms. The van der Waals surface area contributed by atoms with Crippen LogP contribution in [0, 0.1) is 13.8 Å². The molecule has 7 heteroatoms. The number of ether oxygens (including phenoxy) is 1. The summed E-state index contributed by atoms with van der Waals surface area (Å²) in [5.74, 6) is -0.597. The van der Waals surface area contributed by atoms with Crippen molar-refractivity contribution in [3.8, 4) is 0 Å². The average Bonchev–Trinajstić information content (AvgIpc) is 2.68. The summed E-state index contributed by atoms with van der Waals surface area (Å²) < 4.78 is 5.05. The van der Waals surface area contributed by atoms with Crippen LogP contribution >= 0.6 is 11.8 Å². The van der Waals surface area contributed by atoms with Crippen molar-refractivity contribution < 1.29 is 19.1 Å². The molecule has 0 saturated heterocycles. The molecule has 1 heterocycles. The molecule has 0 atom stereocenters. The Labute approximate surface area is 168 Å². The molecule has 146 valence electrons. The number of nitrogens with zero attached hydrogens (tertiary/aromatic N) is 1. The molecule has 1 aliphatic rings. The number of hydrogen-bond donors (Lipinski definition) is 1. The number of rotatable bonds is 6. The number of thioether (sulfide) groups is 1. The predicted octanol–water partition coefficient (Wildman–Crippen LogP) is 3.31. The van der Waals surface area contributed by atoms with E-state index in [0.29, 0.717) is 11.4 Å². The third-order valence-electron chi connectivity index (χ3n) is 4.50. The first-order valence-electron chi connectivity index (χ1n) is 8.99. The quantitative estimate of drug-likeness (QED) is 0.756. The van der Waals surface area contributed by atoms with Crippen LogP contribution in [0.15, 0.2) is 47.4 Å². The Balaban J connectivity index is 1.47. The van der Waals surface area contributed by atoms with E-state index in [1.54, 1.807) is 11.0 Å². The fraction of sp³-hybridized carbons (Fsp3) is 0.286. The van der Waals surface area contributed by atoms with Gasteiger partial charge in [-0.25, -0.2) is 0 Å². The van der Waals surface area contributed by atoms with E-state index in [1.807, 2.05) is 50.2 Å². The van der Waals surface area contributed by atoms with Gasteiger partial charge in [0.15, 0.2) is 6.61 Å². The summed E-state index contributed by atoms with van der Waals surface area (Å²) in [6, 6.07) is 13.2. The average molecular weight is 398 g/mol. The molecule has 1 aliphatic heterocycles. The SMILES string of the molecule is Cc1ccc(NC(=O)COC(=O)CCN2C(=O)CSc3ccccc32)cc1C. The van der Waals surface area contributed by atoms with Crippen molar-refractivity contribution in [1.82, 2.24) is 0 Å². The summed E-state index contributed by atoms with van der Waals surface area (Å²) in [7, 11) is 0. The zero-order chi connectivity index (χ0) is 20.1. The van der Waals surface area contributed by atoms with Gasteiger partial charge < -0.3 is 15.0 Å². The van der Waals surface area contributed by atoms with E-state index in [4.69, 9.17) is 4.74 Å². The van der Waals surface area contributed by atoms with Crippen LogP contribution in [0.25, 0.3) is 0 Å². The van der Waals surface area contributed by atoms with E-state index in [-0.39, 0.29) is 25.5 Å². The number of amides is 2. The molecule has 0 saturated carbocycles. The number of carbonyl (C=O) groups excluding carboxylic acids is 3. The molecule has 0 aliphatic carbocycles. The normalized spacial score (nSPS) is 13.1. The van der Waals surface area contributed by atoms with Crippen LogP contribution in [-0.4, -0.2) is 36.7 Å². The number of aryl methyl sites for hydroxylation is 2. The highest BCUT2D eigenvalue weighted by Crippen LogP contribution is 2.34. The minimum absolute atomic E-state index is 0.0294. The molecule has 0 radical (unpaired) electrons. The fourth-order valence-electron chi connectivity index (χ4n) is 2.84. The molecular formula is C21H22N2O4S. The second-order valence-electron chi connectivity index (χ2n) is 6.56. The van der Waals surface area contributed by atoms with Gasteiger partial charge in [0.05, 0.1) is 17.9 Å². The van der Waals surface area contributed by atoms with Crippen LogP contribution in [0.1, 0.15) is 17.5 Å². The highest BCUT2D eigenvalue weighted by Gasteiger charge is 2.24. The Morgan fingerprint density at radius 1 is 1.14 bits per heavy atom. The molecule has 0 unspecified atom stereocenters. The minimum Gasteiger partial charge on any atom is -0.456 e. The van der Waals surface area contributed by atoms with Gasteiger partial charge in [-0.2, -0.15) is 0 Å². The topological polar surface area (TPSA) is 75.7 Å². The van der Waals surface area contributed by atoms with Crippen LogP contribution in [-0.2, 0) is 19.1 Å². The van der Waals surface area contributed by atoms with Gasteiger partial charge in [-0.15, -0.1) is 11.8 Å². The number of benzene rings is 2. The van der Waals surface area contributed by atoms with E-state index < -0.39 is 11.9 Å². The highest BCUT2D eigenvalue weighted by molar-refractivity contribution is 8.00. The fourth-order valence-corrected chi connectivity index (χ4v) is 3.77. The van der Waals surface area contributed by atoms with Crippen molar-refractivity contribution in [2.24, 2.45) is 0 Å². The van der Waals surface area contributed by atoms with Crippen LogP contribution in [0.3, 0.4) is 0 Å². The molecular weight excluding hydrogens is 376 g/mol. The maximum absolute atomic E-state index is 12.2. The van der Waals surface area contributed by atoms with E-state index in [1.165, 1.54) is 11.8 Å². The van der Waals surface area contributed by atoms with Gasteiger partial charge in [0.1, 0.15) is 0 Å². The Bertz CT molecular complexity index is 913. The van der Waals surface area contributed by atoms with E-state index in [9.17, 15) is 14.4 Å². The molecule has 6 nitrogen and oxygen atoms in total. The number of esters is 1. The smallest absolute Gasteiger partial charge is 0.308 e. The number of anilines is 2. The molecule has 0 aromatic heterocycles. The first-order valence-corrected chi connectivity index (χ1v) is 9.97. The van der Waals surface area contributed by atoms with Crippen molar-refractivity contribution >= 4 is 40.9 Å². The standard InChI is InChI=1S/C21H22N2O4S/c1-14-7-8-16(11-15(14)2)22-19(24)12-27-21(26)9-10-23-17-5-3-4-6-18(17)28-13-20(23)25/h3-8,11H,9-10,12-13H2,1-2H3,(H,22,24). The molecule has 1 N–H and O–H groups in total. The van der Waals surface area contributed by atoms with Crippen molar-refractivity contribution in [3.05, 3.63) is 53.6 Å². The number of carbonyl (C=O) groups is 3. The van der Waals surface area contributed by atoms with Gasteiger partial charge in [-0.3, -0.25) is 14.4 Å². The van der Waals surface area contributed by atoms with Gasteiger partial charge >= 0.3 is 5.97 Å². The second-order valence-corrected chi connectivity index (χ2v) is 7.58. The van der Waals surface area contributed by atoms with Crippen molar-refractivity contribution in [2.45, 2.75) is 25.2 Å². The Morgan fingerprint density at radius 2 is 1.93 bits per heavy atom. The summed E-state index contributed by atoms with van der Waals surface area (Å²) >= 11 is 1.49. The van der Waals surface area contributed by atoms with Crippen LogP contribution < -0.4 is 10.2 Å². The van der Waals surface area contributed by atoms with E-state index in [0.717, 1.165) is 21.7 Å². The minimum atomic E-state index is -0.515. The van der Waals surface area contributed by atoms with Gasteiger partial charge in [0.25, 0.3) is 5.91 Å². The lowest BCUT2D eigenvalue weighted by Crippen LogP contribution is -2.37. The van der Waals surface area contributed by atoms with Crippen LogP contribution in [0.4, 0.5) is 11.4 Å². The number of nitrogens with one attached hydrogen (secondary N) is 1. The third kappa shape index (κ3) is 4.92. The predicted molar refractivity (Wildman–Crippen MR) is 110 cm³/mol. The monoisotopic (exact) mass is 398 g/mol. The summed E-state index contributed by atoms with van der Waals surface area (Å²) in [6.45, 7) is 3.83. The first-order chi connectivity index (χ1) is 13.4. The Kier molecular flexibility index (Phi) is 6.36. The zero-order valence-corrected chi connectivity index (χ0v) is 16.7. The summed E-state index contributed by atoms with van der Waals surface area (Å²) in [6.07, 6.45) is 0.0294. The Hall–Kier alpha value is -2.80. The molecule has 3 rings (SSSR count). The van der Waals surface area contributed by atoms with Crippen molar-refractivity contribution in [1.29, 1.82) is 0 Å². The number of fused-ring (bicyclic) bond motifs is 1. The maximum Gasteiger partial charge on any atom is 0.308 e. The van der Waals surface area contributed by atoms with E-state index >= 15 is 0 Å². The van der Waals surface area contributed by atoms with E-state index in [2.05, 4.69) is 5.32 Å². The molecule has 0 bridgehead atoms. The zero-order valence-electron chi connectivity index (χ0n) is 15.9. The first kappa shape index (κ1) is 19.9. The lowest BCUT2D eigenvalue weighted by molar-refractivity contribution is -0.147. The molecule has 0 fully saturated rings. The van der Waals surface area contributed by atoms with Gasteiger partial charge in [-0.1, -0.05) is 18.2 Å². The largest absolute Gasteiger partial charge is 0.456 e. The summed E-state index contributed by atoms with van der Waals surface area (Å²) in [4.78, 5) is 38.8. The van der Waals surface area contributed by atoms with Crippen molar-refractivity contribution in [2.75, 3.05) is 29.1 Å². The number of hydrogen-bond acceptors (Lipinski definition) is 5. The highest BCUT2D eigenvalue weighted by atomic mass is 32.2. The van der Waals surface area contributed by atoms with Gasteiger partial charge in [0, 0.05) is 17.1 Å². The lowest BCUT2D eigenvalue weighted by Gasteiger charge is -2.28. The molecule has 2 aromatic rings. The lowest BCUT2D eigenvalue weighted by atomic mass is 10.1. The summed E-state index contributed by atoms with van der Waals surface area (Å²) in [5.41, 5.74) is 3.68. The molecule has 2 aromatic carbocycles. The summed E-state index contributed by atoms with van der Waals surface area (Å²) in [5, 5.41) is 2.71. The van der Waals surface area contributed by atoms with Gasteiger partial charge in [-0.05, 0) is 49.2 Å². The number of para-hydroxylation sites is 1. The van der Waals surface area contributed by atoms with Gasteiger partial charge in [0.2, 0.25) is 5.91 Å². The Morgan fingerprint density at radius 3 is 2.71 bits per heavy atom. The second kappa shape index (κ2) is 8.93. The van der Waals surface area contributed by atoms with Crippen molar-refractivity contribution in [3.63, 3.8) is 0 Å². The maximum atomic E-state index is 12.2.